The van der Waals surface area contributed by atoms with Crippen LogP contribution < -0.4 is 5.32 Å². The molecule has 1 aliphatic rings. The molecule has 4 nitrogen and oxygen atoms in total. The van der Waals surface area contributed by atoms with E-state index in [2.05, 4.69) is 21.2 Å². The zero-order chi connectivity index (χ0) is 13.3. The van der Waals surface area contributed by atoms with Gasteiger partial charge in [0.05, 0.1) is 5.56 Å². The number of rotatable bonds is 4. The summed E-state index contributed by atoms with van der Waals surface area (Å²) in [6.07, 6.45) is 1.69. The molecule has 1 aromatic rings. The molecule has 5 heteroatoms. The van der Waals surface area contributed by atoms with Crippen LogP contribution in [0.4, 0.5) is 0 Å². The van der Waals surface area contributed by atoms with Crippen molar-refractivity contribution in [2.45, 2.75) is 25.3 Å². The number of carbonyl (C=O) groups excluding carboxylic acids is 1. The van der Waals surface area contributed by atoms with E-state index in [0.717, 1.165) is 12.8 Å². The molecule has 18 heavy (non-hydrogen) atoms. The summed E-state index contributed by atoms with van der Waals surface area (Å²) in [5.74, 6) is -1.31. The molecule has 96 valence electrons. The zero-order valence-electron chi connectivity index (χ0n) is 9.94. The molecule has 1 aromatic carbocycles. The molecule has 0 radical (unpaired) electrons. The summed E-state index contributed by atoms with van der Waals surface area (Å²) in [5, 5.41) is 11.9. The fourth-order valence-electron chi connectivity index (χ4n) is 1.94. The first kappa shape index (κ1) is 13.1. The summed E-state index contributed by atoms with van der Waals surface area (Å²) in [7, 11) is 0. The Labute approximate surface area is 114 Å². The van der Waals surface area contributed by atoms with Crippen molar-refractivity contribution < 1.29 is 14.7 Å². The van der Waals surface area contributed by atoms with Crippen LogP contribution in [0.2, 0.25) is 0 Å². The van der Waals surface area contributed by atoms with Crippen LogP contribution in [0.1, 0.15) is 30.1 Å². The molecule has 1 atom stereocenters. The van der Waals surface area contributed by atoms with Crippen molar-refractivity contribution >= 4 is 27.8 Å². The van der Waals surface area contributed by atoms with E-state index >= 15 is 0 Å². The second kappa shape index (κ2) is 4.72. The number of hydrogen-bond acceptors (Lipinski definition) is 2. The van der Waals surface area contributed by atoms with Gasteiger partial charge >= 0.3 is 5.97 Å². The Bertz CT molecular complexity index is 499. The molecular formula is C13H14BrNO3. The minimum atomic E-state index is -1.17. The van der Waals surface area contributed by atoms with Gasteiger partial charge in [-0.15, -0.1) is 0 Å². The van der Waals surface area contributed by atoms with Gasteiger partial charge in [-0.1, -0.05) is 12.1 Å². The van der Waals surface area contributed by atoms with Gasteiger partial charge in [-0.2, -0.15) is 0 Å². The average molecular weight is 312 g/mol. The van der Waals surface area contributed by atoms with Gasteiger partial charge in [0.25, 0.3) is 5.91 Å². The van der Waals surface area contributed by atoms with Crippen LogP contribution in [0.3, 0.4) is 0 Å². The fourth-order valence-corrected chi connectivity index (χ4v) is 2.40. The number of benzene rings is 1. The average Bonchev–Trinajstić information content (AvgIpc) is 3.13. The molecule has 0 aromatic heterocycles. The monoisotopic (exact) mass is 311 g/mol. The number of carboxylic acids is 1. The van der Waals surface area contributed by atoms with Gasteiger partial charge in [0, 0.05) is 4.47 Å². The van der Waals surface area contributed by atoms with Crippen LogP contribution in [-0.4, -0.2) is 22.5 Å². The topological polar surface area (TPSA) is 66.4 Å². The number of carbonyl (C=O) groups is 2. The van der Waals surface area contributed by atoms with Gasteiger partial charge in [0.2, 0.25) is 0 Å². The zero-order valence-corrected chi connectivity index (χ0v) is 11.5. The van der Waals surface area contributed by atoms with E-state index in [1.165, 1.54) is 0 Å². The summed E-state index contributed by atoms with van der Waals surface area (Å²) >= 11 is 3.29. The molecule has 1 amide bonds. The van der Waals surface area contributed by atoms with E-state index < -0.39 is 11.5 Å². The maximum atomic E-state index is 12.1. The van der Waals surface area contributed by atoms with E-state index in [9.17, 15) is 14.7 Å². The molecular weight excluding hydrogens is 298 g/mol. The highest BCUT2D eigenvalue weighted by Gasteiger charge is 2.48. The number of nitrogens with one attached hydrogen (secondary N) is 1. The lowest BCUT2D eigenvalue weighted by atomic mass is 9.95. The molecule has 2 N–H and O–H groups in total. The Morgan fingerprint density at radius 1 is 1.39 bits per heavy atom. The SMILES string of the molecule is CC(NC(=O)c1ccccc1Br)(C(=O)O)C1CC1. The van der Waals surface area contributed by atoms with Crippen LogP contribution in [0, 0.1) is 5.92 Å². The Kier molecular flexibility index (Phi) is 3.43. The Balaban J connectivity index is 2.20. The number of carboxylic acid groups (broad SMARTS) is 1. The maximum absolute atomic E-state index is 12.1. The second-order valence-corrected chi connectivity index (χ2v) is 5.57. The molecule has 0 bridgehead atoms. The molecule has 0 heterocycles. The second-order valence-electron chi connectivity index (χ2n) is 4.72. The first-order valence-electron chi connectivity index (χ1n) is 5.75. The Hall–Kier alpha value is -1.36. The number of amides is 1. The number of hydrogen-bond donors (Lipinski definition) is 2. The Morgan fingerprint density at radius 3 is 2.50 bits per heavy atom. The summed E-state index contributed by atoms with van der Waals surface area (Å²) in [5.41, 5.74) is -0.725. The van der Waals surface area contributed by atoms with Crippen molar-refractivity contribution in [1.82, 2.24) is 5.32 Å². The smallest absolute Gasteiger partial charge is 0.329 e. The lowest BCUT2D eigenvalue weighted by Gasteiger charge is -2.26. The summed E-state index contributed by atoms with van der Waals surface area (Å²) < 4.78 is 0.658. The molecule has 1 unspecified atom stereocenters. The van der Waals surface area contributed by atoms with Crippen molar-refractivity contribution in [3.63, 3.8) is 0 Å². The van der Waals surface area contributed by atoms with E-state index in [-0.39, 0.29) is 11.8 Å². The quantitative estimate of drug-likeness (QED) is 0.897. The van der Waals surface area contributed by atoms with E-state index in [1.54, 1.807) is 31.2 Å². The van der Waals surface area contributed by atoms with Crippen molar-refractivity contribution in [1.29, 1.82) is 0 Å². The molecule has 2 rings (SSSR count). The summed E-state index contributed by atoms with van der Waals surface area (Å²) in [4.78, 5) is 23.4. The number of halogens is 1. The lowest BCUT2D eigenvalue weighted by molar-refractivity contribution is -0.144. The third-order valence-electron chi connectivity index (χ3n) is 3.33. The molecule has 1 fully saturated rings. The molecule has 0 saturated heterocycles. The molecule has 0 aliphatic heterocycles. The summed E-state index contributed by atoms with van der Waals surface area (Å²) in [6.45, 7) is 1.57. The minimum Gasteiger partial charge on any atom is -0.480 e. The predicted molar refractivity (Wildman–Crippen MR) is 70.4 cm³/mol. The third kappa shape index (κ3) is 2.41. The first-order valence-corrected chi connectivity index (χ1v) is 6.55. The minimum absolute atomic E-state index is 0.0291. The highest BCUT2D eigenvalue weighted by molar-refractivity contribution is 9.10. The van der Waals surface area contributed by atoms with Crippen LogP contribution >= 0.6 is 15.9 Å². The van der Waals surface area contributed by atoms with Crippen molar-refractivity contribution in [2.24, 2.45) is 5.92 Å². The predicted octanol–water partition coefficient (Wildman–Crippen LogP) is 2.43. The maximum Gasteiger partial charge on any atom is 0.329 e. The van der Waals surface area contributed by atoms with Gasteiger partial charge in [0.1, 0.15) is 5.54 Å². The van der Waals surface area contributed by atoms with Crippen LogP contribution in [-0.2, 0) is 4.79 Å². The van der Waals surface area contributed by atoms with Crippen LogP contribution in [0.15, 0.2) is 28.7 Å². The van der Waals surface area contributed by atoms with E-state index in [1.807, 2.05) is 0 Å². The lowest BCUT2D eigenvalue weighted by Crippen LogP contribution is -2.54. The van der Waals surface area contributed by atoms with Gasteiger partial charge < -0.3 is 10.4 Å². The van der Waals surface area contributed by atoms with E-state index in [4.69, 9.17) is 0 Å². The highest BCUT2D eigenvalue weighted by atomic mass is 79.9. The molecule has 1 aliphatic carbocycles. The van der Waals surface area contributed by atoms with Crippen molar-refractivity contribution in [2.75, 3.05) is 0 Å². The summed E-state index contributed by atoms with van der Waals surface area (Å²) in [6, 6.07) is 6.96. The van der Waals surface area contributed by atoms with Gasteiger partial charge in [-0.3, -0.25) is 4.79 Å². The largest absolute Gasteiger partial charge is 0.480 e. The first-order chi connectivity index (χ1) is 8.45. The van der Waals surface area contributed by atoms with Crippen LogP contribution in [0.25, 0.3) is 0 Å². The fraction of sp³-hybridized carbons (Fsp3) is 0.385. The van der Waals surface area contributed by atoms with Crippen molar-refractivity contribution in [3.05, 3.63) is 34.3 Å². The molecule has 0 spiro atoms. The number of aliphatic carboxylic acids is 1. The normalized spacial score (nSPS) is 17.9. The third-order valence-corrected chi connectivity index (χ3v) is 4.02. The Morgan fingerprint density at radius 2 is 2.00 bits per heavy atom. The van der Waals surface area contributed by atoms with E-state index in [0.29, 0.717) is 10.0 Å². The van der Waals surface area contributed by atoms with Crippen LogP contribution in [0.5, 0.6) is 0 Å². The van der Waals surface area contributed by atoms with Gasteiger partial charge in [-0.25, -0.2) is 4.79 Å². The molecule has 1 saturated carbocycles. The highest BCUT2D eigenvalue weighted by Crippen LogP contribution is 2.40. The standard InChI is InChI=1S/C13H14BrNO3/c1-13(12(17)18,8-6-7-8)15-11(16)9-4-2-3-5-10(9)14/h2-5,8H,6-7H2,1H3,(H,15,16)(H,17,18). The van der Waals surface area contributed by atoms with Crippen molar-refractivity contribution in [3.8, 4) is 0 Å². The van der Waals surface area contributed by atoms with Gasteiger partial charge in [0.15, 0.2) is 0 Å². The van der Waals surface area contributed by atoms with Gasteiger partial charge in [-0.05, 0) is 53.7 Å².